The second-order valence-corrected chi connectivity index (χ2v) is 4.49. The minimum atomic E-state index is -0.0126. The number of aromatic nitrogens is 2. The first-order valence-corrected chi connectivity index (χ1v) is 5.63. The summed E-state index contributed by atoms with van der Waals surface area (Å²) < 4.78 is 2.12. The average molecular weight is 217 g/mol. The maximum absolute atomic E-state index is 9.31. The van der Waals surface area contributed by atoms with Gasteiger partial charge in [0.15, 0.2) is 0 Å². The summed E-state index contributed by atoms with van der Waals surface area (Å²) in [6, 6.07) is 5.73. The second-order valence-electron chi connectivity index (χ2n) is 4.49. The number of aliphatic hydroxyl groups is 1. The number of aliphatic hydroxyl groups excluding tert-OH is 1. The number of fused-ring (bicyclic) bond motifs is 1. The average Bonchev–Trinajstić information content (AvgIpc) is 3.01. The lowest BCUT2D eigenvalue weighted by Gasteiger charge is -2.06. The van der Waals surface area contributed by atoms with E-state index in [9.17, 15) is 5.11 Å². The van der Waals surface area contributed by atoms with E-state index in [0.717, 1.165) is 29.3 Å². The second kappa shape index (κ2) is 3.49. The van der Waals surface area contributed by atoms with Crippen LogP contribution in [0.1, 0.15) is 18.7 Å². The van der Waals surface area contributed by atoms with E-state index in [0.29, 0.717) is 5.69 Å². The van der Waals surface area contributed by atoms with Gasteiger partial charge in [0, 0.05) is 12.2 Å². The first-order valence-electron chi connectivity index (χ1n) is 5.63. The number of nitrogens with two attached hydrogens (primary N) is 1. The molecule has 16 heavy (non-hydrogen) atoms. The van der Waals surface area contributed by atoms with E-state index >= 15 is 0 Å². The molecule has 1 fully saturated rings. The molecule has 0 radical (unpaired) electrons. The molecule has 1 aliphatic rings. The molecule has 2 aromatic rings. The van der Waals surface area contributed by atoms with Crippen molar-refractivity contribution in [3.8, 4) is 0 Å². The maximum Gasteiger partial charge on any atom is 0.135 e. The molecule has 0 atom stereocenters. The topological polar surface area (TPSA) is 64.1 Å². The zero-order valence-electron chi connectivity index (χ0n) is 9.06. The van der Waals surface area contributed by atoms with Gasteiger partial charge in [-0.05, 0) is 37.0 Å². The number of hydrogen-bond donors (Lipinski definition) is 2. The van der Waals surface area contributed by atoms with Crippen LogP contribution in [0.15, 0.2) is 18.2 Å². The highest BCUT2D eigenvalue weighted by Gasteiger charge is 2.23. The molecule has 1 aromatic carbocycles. The molecule has 0 bridgehead atoms. The van der Waals surface area contributed by atoms with Crippen LogP contribution in [0.4, 0.5) is 5.69 Å². The molecule has 0 amide bonds. The number of imidazole rings is 1. The summed E-state index contributed by atoms with van der Waals surface area (Å²) in [7, 11) is 0. The van der Waals surface area contributed by atoms with Crippen molar-refractivity contribution in [3.63, 3.8) is 0 Å². The van der Waals surface area contributed by atoms with Crippen LogP contribution in [0, 0.1) is 5.92 Å². The van der Waals surface area contributed by atoms with Gasteiger partial charge in [0.1, 0.15) is 12.4 Å². The molecule has 1 saturated carbocycles. The summed E-state index contributed by atoms with van der Waals surface area (Å²) in [6.45, 7) is 0.956. The van der Waals surface area contributed by atoms with E-state index in [1.165, 1.54) is 12.8 Å². The number of rotatable bonds is 3. The molecule has 4 nitrogen and oxygen atoms in total. The molecule has 3 N–H and O–H groups in total. The van der Waals surface area contributed by atoms with Crippen molar-refractivity contribution in [1.29, 1.82) is 0 Å². The van der Waals surface area contributed by atoms with Crippen LogP contribution < -0.4 is 5.73 Å². The molecule has 0 unspecified atom stereocenters. The molecule has 1 aliphatic carbocycles. The Hall–Kier alpha value is -1.55. The number of hydrogen-bond acceptors (Lipinski definition) is 3. The minimum Gasteiger partial charge on any atom is -0.399 e. The quantitative estimate of drug-likeness (QED) is 0.766. The van der Waals surface area contributed by atoms with Gasteiger partial charge in [0.25, 0.3) is 0 Å². The first-order chi connectivity index (χ1) is 7.78. The fourth-order valence-electron chi connectivity index (χ4n) is 2.08. The monoisotopic (exact) mass is 217 g/mol. The smallest absolute Gasteiger partial charge is 0.135 e. The van der Waals surface area contributed by atoms with Crippen molar-refractivity contribution in [1.82, 2.24) is 9.55 Å². The van der Waals surface area contributed by atoms with Gasteiger partial charge in [0.2, 0.25) is 0 Å². The summed E-state index contributed by atoms with van der Waals surface area (Å²) in [5.74, 6) is 1.51. The molecule has 0 saturated heterocycles. The predicted octanol–water partition coefficient (Wildman–Crippen LogP) is 1.52. The third-order valence-electron chi connectivity index (χ3n) is 3.13. The van der Waals surface area contributed by atoms with Crippen molar-refractivity contribution in [2.75, 3.05) is 5.73 Å². The van der Waals surface area contributed by atoms with Crippen molar-refractivity contribution in [2.24, 2.45) is 5.92 Å². The molecule has 3 rings (SSSR count). The summed E-state index contributed by atoms with van der Waals surface area (Å²) in [6.07, 6.45) is 2.58. The van der Waals surface area contributed by atoms with Gasteiger partial charge in [-0.2, -0.15) is 0 Å². The van der Waals surface area contributed by atoms with Crippen molar-refractivity contribution < 1.29 is 5.11 Å². The fraction of sp³-hybridized carbons (Fsp3) is 0.417. The lowest BCUT2D eigenvalue weighted by molar-refractivity contribution is 0.265. The Morgan fingerprint density at radius 1 is 1.44 bits per heavy atom. The lowest BCUT2D eigenvalue weighted by Crippen LogP contribution is -2.05. The van der Waals surface area contributed by atoms with Gasteiger partial charge in [-0.1, -0.05) is 0 Å². The Bertz CT molecular complexity index is 528. The highest BCUT2D eigenvalue weighted by molar-refractivity contribution is 5.79. The van der Waals surface area contributed by atoms with Gasteiger partial charge in [0.05, 0.1) is 11.0 Å². The van der Waals surface area contributed by atoms with E-state index in [-0.39, 0.29) is 6.61 Å². The zero-order valence-corrected chi connectivity index (χ0v) is 9.06. The van der Waals surface area contributed by atoms with Crippen molar-refractivity contribution in [3.05, 3.63) is 24.0 Å². The number of benzene rings is 1. The van der Waals surface area contributed by atoms with Crippen LogP contribution in [-0.2, 0) is 13.2 Å². The normalized spacial score (nSPS) is 15.8. The van der Waals surface area contributed by atoms with E-state index in [1.807, 2.05) is 18.2 Å². The van der Waals surface area contributed by atoms with Gasteiger partial charge in [-0.15, -0.1) is 0 Å². The summed E-state index contributed by atoms with van der Waals surface area (Å²) in [5.41, 5.74) is 8.40. The third-order valence-corrected chi connectivity index (χ3v) is 3.13. The molecule has 84 valence electrons. The van der Waals surface area contributed by atoms with E-state index in [1.54, 1.807) is 0 Å². The molecular weight excluding hydrogens is 202 g/mol. The number of nitrogen functional groups attached to an aromatic ring is 1. The van der Waals surface area contributed by atoms with Crippen LogP contribution in [0.25, 0.3) is 11.0 Å². The maximum atomic E-state index is 9.31. The Kier molecular flexibility index (Phi) is 2.11. The Morgan fingerprint density at radius 3 is 2.94 bits per heavy atom. The largest absolute Gasteiger partial charge is 0.399 e. The van der Waals surface area contributed by atoms with Crippen LogP contribution >= 0.6 is 0 Å². The molecular formula is C12H15N3O. The molecule has 1 heterocycles. The van der Waals surface area contributed by atoms with E-state index < -0.39 is 0 Å². The molecule has 0 aliphatic heterocycles. The van der Waals surface area contributed by atoms with E-state index in [2.05, 4.69) is 9.55 Å². The van der Waals surface area contributed by atoms with Gasteiger partial charge in [-0.3, -0.25) is 0 Å². The molecule has 0 spiro atoms. The van der Waals surface area contributed by atoms with Gasteiger partial charge in [-0.25, -0.2) is 4.98 Å². The van der Waals surface area contributed by atoms with E-state index in [4.69, 9.17) is 5.73 Å². The van der Waals surface area contributed by atoms with Crippen LogP contribution in [0.2, 0.25) is 0 Å². The third kappa shape index (κ3) is 1.55. The Labute approximate surface area is 93.7 Å². The minimum absolute atomic E-state index is 0.0126. The first kappa shape index (κ1) is 9.66. The fourth-order valence-corrected chi connectivity index (χ4v) is 2.08. The summed E-state index contributed by atoms with van der Waals surface area (Å²) in [5, 5.41) is 9.31. The summed E-state index contributed by atoms with van der Waals surface area (Å²) in [4.78, 5) is 4.41. The predicted molar refractivity (Wildman–Crippen MR) is 62.8 cm³/mol. The van der Waals surface area contributed by atoms with Gasteiger partial charge >= 0.3 is 0 Å². The lowest BCUT2D eigenvalue weighted by atomic mass is 10.3. The zero-order chi connectivity index (χ0) is 11.1. The standard InChI is InChI=1S/C12H15N3O/c13-9-3-4-11-10(5-9)14-12(7-16)15(11)6-8-1-2-8/h3-5,8,16H,1-2,6-7,13H2. The highest BCUT2D eigenvalue weighted by atomic mass is 16.3. The van der Waals surface area contributed by atoms with Gasteiger partial charge < -0.3 is 15.4 Å². The van der Waals surface area contributed by atoms with Crippen LogP contribution in [0.5, 0.6) is 0 Å². The van der Waals surface area contributed by atoms with Crippen LogP contribution in [-0.4, -0.2) is 14.7 Å². The van der Waals surface area contributed by atoms with Crippen molar-refractivity contribution >= 4 is 16.7 Å². The number of nitrogens with zero attached hydrogens (tertiary/aromatic N) is 2. The Morgan fingerprint density at radius 2 is 2.25 bits per heavy atom. The highest BCUT2D eigenvalue weighted by Crippen LogP contribution is 2.32. The molecule has 1 aromatic heterocycles. The van der Waals surface area contributed by atoms with Crippen molar-refractivity contribution in [2.45, 2.75) is 26.0 Å². The molecule has 4 heteroatoms. The summed E-state index contributed by atoms with van der Waals surface area (Å²) >= 11 is 0. The van der Waals surface area contributed by atoms with Crippen LogP contribution in [0.3, 0.4) is 0 Å². The SMILES string of the molecule is Nc1ccc2c(c1)nc(CO)n2CC1CC1. The Balaban J connectivity index is 2.13. The number of anilines is 1.